The van der Waals surface area contributed by atoms with Crippen LogP contribution >= 0.6 is 0 Å². The second-order valence-corrected chi connectivity index (χ2v) is 7.59. The van der Waals surface area contributed by atoms with Gasteiger partial charge in [0.15, 0.2) is 0 Å². The Hall–Kier alpha value is -3.93. The summed E-state index contributed by atoms with van der Waals surface area (Å²) in [5.74, 6) is 0.986. The summed E-state index contributed by atoms with van der Waals surface area (Å²) in [4.78, 5) is 30.1. The minimum atomic E-state index is -0.146. The molecule has 6 heteroatoms. The molecule has 0 aliphatic heterocycles. The molecule has 6 nitrogen and oxygen atoms in total. The number of hydrogen-bond donors (Lipinski definition) is 1. The van der Waals surface area contributed by atoms with Crippen LogP contribution in [0.1, 0.15) is 24.2 Å². The molecule has 0 unspecified atom stereocenters. The Bertz CT molecular complexity index is 1310. The fourth-order valence-electron chi connectivity index (χ4n) is 3.78. The Morgan fingerprint density at radius 3 is 2.56 bits per heavy atom. The number of aromatic nitrogens is 2. The number of carbonyl (C=O) groups excluding carboxylic acids is 1. The van der Waals surface area contributed by atoms with Crippen molar-refractivity contribution in [3.8, 4) is 11.4 Å². The van der Waals surface area contributed by atoms with E-state index in [1.165, 1.54) is 5.56 Å². The first-order valence-electron chi connectivity index (χ1n) is 10.6. The maximum Gasteiger partial charge on any atom is 0.265 e. The highest BCUT2D eigenvalue weighted by atomic mass is 16.5. The van der Waals surface area contributed by atoms with Gasteiger partial charge in [-0.15, -0.1) is 0 Å². The lowest BCUT2D eigenvalue weighted by Crippen LogP contribution is -2.22. The summed E-state index contributed by atoms with van der Waals surface area (Å²) >= 11 is 0. The number of methoxy groups -OCH3 is 1. The zero-order valence-electron chi connectivity index (χ0n) is 18.2. The van der Waals surface area contributed by atoms with Crippen LogP contribution in [0, 0.1) is 6.92 Å². The van der Waals surface area contributed by atoms with Crippen LogP contribution < -0.4 is 15.6 Å². The Morgan fingerprint density at radius 2 is 1.78 bits per heavy atom. The SMILES string of the molecule is COc1cc(-n2c(C)nc3ccccc3c2=O)ccc1NC(=O)CCCc1ccccc1. The Balaban J connectivity index is 1.53. The third-order valence-corrected chi connectivity index (χ3v) is 5.37. The van der Waals surface area contributed by atoms with Gasteiger partial charge in [0.1, 0.15) is 11.6 Å². The van der Waals surface area contributed by atoms with E-state index in [-0.39, 0.29) is 11.5 Å². The lowest BCUT2D eigenvalue weighted by atomic mass is 10.1. The summed E-state index contributed by atoms with van der Waals surface area (Å²) in [5.41, 5.74) is 2.93. The summed E-state index contributed by atoms with van der Waals surface area (Å²) in [6.45, 7) is 1.79. The Kier molecular flexibility index (Phi) is 6.31. The number of amides is 1. The first-order chi connectivity index (χ1) is 15.6. The predicted octanol–water partition coefficient (Wildman–Crippen LogP) is 4.66. The molecular weight excluding hydrogens is 402 g/mol. The molecule has 0 aliphatic rings. The van der Waals surface area contributed by atoms with Gasteiger partial charge in [-0.3, -0.25) is 14.2 Å². The van der Waals surface area contributed by atoms with Crippen LogP contribution in [-0.4, -0.2) is 22.6 Å². The number of aryl methyl sites for hydroxylation is 2. The van der Waals surface area contributed by atoms with E-state index in [4.69, 9.17) is 4.74 Å². The van der Waals surface area contributed by atoms with Crippen molar-refractivity contribution in [3.63, 3.8) is 0 Å². The number of carbonyl (C=O) groups is 1. The molecule has 162 valence electrons. The number of benzene rings is 3. The minimum absolute atomic E-state index is 0.0762. The van der Waals surface area contributed by atoms with Crippen LogP contribution in [0.5, 0.6) is 5.75 Å². The van der Waals surface area contributed by atoms with Gasteiger partial charge in [-0.25, -0.2) is 4.98 Å². The molecule has 3 aromatic carbocycles. The smallest absolute Gasteiger partial charge is 0.265 e. The fourth-order valence-corrected chi connectivity index (χ4v) is 3.78. The lowest BCUT2D eigenvalue weighted by molar-refractivity contribution is -0.116. The minimum Gasteiger partial charge on any atom is -0.494 e. The number of fused-ring (bicyclic) bond motifs is 1. The molecule has 0 radical (unpaired) electrons. The molecule has 0 bridgehead atoms. The standard InChI is InChI=1S/C26H25N3O3/c1-18-27-22-13-7-6-12-21(22)26(31)29(18)20-15-16-23(24(17-20)32-2)28-25(30)14-8-11-19-9-4-3-5-10-19/h3-7,9-10,12-13,15-17H,8,11,14H2,1-2H3,(H,28,30). The van der Waals surface area contributed by atoms with Crippen LogP contribution in [0.15, 0.2) is 77.6 Å². The number of anilines is 1. The zero-order chi connectivity index (χ0) is 22.5. The maximum absolute atomic E-state index is 13.1. The van der Waals surface area contributed by atoms with Crippen molar-refractivity contribution in [2.45, 2.75) is 26.2 Å². The molecule has 1 heterocycles. The molecule has 0 fully saturated rings. The number of para-hydroxylation sites is 1. The second kappa shape index (κ2) is 9.47. The van der Waals surface area contributed by atoms with E-state index < -0.39 is 0 Å². The molecule has 1 aromatic heterocycles. The Labute approximate surface area is 186 Å². The summed E-state index contributed by atoms with van der Waals surface area (Å²) in [6.07, 6.45) is 2.02. The molecule has 4 aromatic rings. The number of hydrogen-bond acceptors (Lipinski definition) is 4. The van der Waals surface area contributed by atoms with Gasteiger partial charge >= 0.3 is 0 Å². The van der Waals surface area contributed by atoms with Crippen molar-refractivity contribution in [1.82, 2.24) is 9.55 Å². The predicted molar refractivity (Wildman–Crippen MR) is 127 cm³/mol. The highest BCUT2D eigenvalue weighted by Crippen LogP contribution is 2.28. The van der Waals surface area contributed by atoms with Crippen molar-refractivity contribution in [2.75, 3.05) is 12.4 Å². The van der Waals surface area contributed by atoms with E-state index in [1.54, 1.807) is 42.9 Å². The zero-order valence-corrected chi connectivity index (χ0v) is 18.2. The molecule has 1 N–H and O–H groups in total. The van der Waals surface area contributed by atoms with Gasteiger partial charge < -0.3 is 10.1 Å². The van der Waals surface area contributed by atoms with Crippen molar-refractivity contribution >= 4 is 22.5 Å². The fraction of sp³-hybridized carbons (Fsp3) is 0.192. The normalized spacial score (nSPS) is 10.8. The van der Waals surface area contributed by atoms with E-state index in [0.717, 1.165) is 12.8 Å². The average Bonchev–Trinajstić information content (AvgIpc) is 2.80. The molecule has 0 spiro atoms. The third kappa shape index (κ3) is 4.54. The van der Waals surface area contributed by atoms with E-state index in [1.807, 2.05) is 36.4 Å². The molecule has 0 atom stereocenters. The lowest BCUT2D eigenvalue weighted by Gasteiger charge is -2.15. The monoisotopic (exact) mass is 427 g/mol. The number of nitrogens with zero attached hydrogens (tertiary/aromatic N) is 2. The largest absolute Gasteiger partial charge is 0.494 e. The molecular formula is C26H25N3O3. The van der Waals surface area contributed by atoms with Gasteiger partial charge in [0.05, 0.1) is 29.4 Å². The third-order valence-electron chi connectivity index (χ3n) is 5.37. The van der Waals surface area contributed by atoms with Gasteiger partial charge in [0.25, 0.3) is 5.56 Å². The van der Waals surface area contributed by atoms with Gasteiger partial charge in [0, 0.05) is 12.5 Å². The summed E-state index contributed by atoms with van der Waals surface area (Å²) in [6, 6.07) is 22.7. The molecule has 4 rings (SSSR count). The summed E-state index contributed by atoms with van der Waals surface area (Å²) in [5, 5.41) is 3.47. The van der Waals surface area contributed by atoms with E-state index in [2.05, 4.69) is 22.4 Å². The van der Waals surface area contributed by atoms with Crippen molar-refractivity contribution in [3.05, 3.63) is 94.5 Å². The van der Waals surface area contributed by atoms with Crippen LogP contribution in [0.3, 0.4) is 0 Å². The van der Waals surface area contributed by atoms with Crippen molar-refractivity contribution in [1.29, 1.82) is 0 Å². The quantitative estimate of drug-likeness (QED) is 0.465. The van der Waals surface area contributed by atoms with E-state index in [9.17, 15) is 9.59 Å². The topological polar surface area (TPSA) is 73.2 Å². The molecule has 32 heavy (non-hydrogen) atoms. The van der Waals surface area contributed by atoms with Crippen LogP contribution in [-0.2, 0) is 11.2 Å². The maximum atomic E-state index is 13.1. The van der Waals surface area contributed by atoms with Crippen LogP contribution in [0.4, 0.5) is 5.69 Å². The summed E-state index contributed by atoms with van der Waals surface area (Å²) < 4.78 is 7.05. The van der Waals surface area contributed by atoms with Gasteiger partial charge in [-0.05, 0) is 49.6 Å². The number of rotatable bonds is 7. The average molecular weight is 428 g/mol. The number of nitrogens with one attached hydrogen (secondary N) is 1. The summed E-state index contributed by atoms with van der Waals surface area (Å²) in [7, 11) is 1.54. The van der Waals surface area contributed by atoms with E-state index in [0.29, 0.717) is 40.3 Å². The molecule has 1 amide bonds. The van der Waals surface area contributed by atoms with Crippen LogP contribution in [0.2, 0.25) is 0 Å². The van der Waals surface area contributed by atoms with Crippen molar-refractivity contribution in [2.24, 2.45) is 0 Å². The molecule has 0 saturated carbocycles. The van der Waals surface area contributed by atoms with Crippen molar-refractivity contribution < 1.29 is 9.53 Å². The van der Waals surface area contributed by atoms with Gasteiger partial charge in [-0.2, -0.15) is 0 Å². The molecule has 0 aliphatic carbocycles. The van der Waals surface area contributed by atoms with Gasteiger partial charge in [0.2, 0.25) is 5.91 Å². The first kappa shape index (κ1) is 21.3. The van der Waals surface area contributed by atoms with E-state index >= 15 is 0 Å². The first-order valence-corrected chi connectivity index (χ1v) is 10.6. The second-order valence-electron chi connectivity index (χ2n) is 7.59. The van der Waals surface area contributed by atoms with Crippen LogP contribution in [0.25, 0.3) is 16.6 Å². The highest BCUT2D eigenvalue weighted by molar-refractivity contribution is 5.92. The highest BCUT2D eigenvalue weighted by Gasteiger charge is 2.13. The Morgan fingerprint density at radius 1 is 1.03 bits per heavy atom. The number of ether oxygens (including phenoxy) is 1. The molecule has 0 saturated heterocycles. The van der Waals surface area contributed by atoms with Gasteiger partial charge in [-0.1, -0.05) is 42.5 Å².